The van der Waals surface area contributed by atoms with E-state index in [1.165, 1.54) is 12.8 Å². The SMILES string of the molecule is Nc1cc[n+](CC2CC2)c(N)c1. The minimum absolute atomic E-state index is 0.736. The van der Waals surface area contributed by atoms with E-state index in [0.29, 0.717) is 0 Å². The molecule has 0 spiro atoms. The van der Waals surface area contributed by atoms with Gasteiger partial charge in [0.15, 0.2) is 0 Å². The summed E-state index contributed by atoms with van der Waals surface area (Å²) in [6, 6.07) is 3.70. The molecule has 1 saturated carbocycles. The molecule has 3 heteroatoms. The molecule has 0 radical (unpaired) electrons. The lowest BCUT2D eigenvalue weighted by Crippen LogP contribution is -2.37. The monoisotopic (exact) mass is 164 g/mol. The van der Waals surface area contributed by atoms with E-state index in [9.17, 15) is 0 Å². The molecule has 0 unspecified atom stereocenters. The first kappa shape index (κ1) is 7.40. The van der Waals surface area contributed by atoms with Gasteiger partial charge in [-0.25, -0.2) is 4.57 Å². The van der Waals surface area contributed by atoms with E-state index in [1.807, 2.05) is 18.3 Å². The first-order valence-electron chi connectivity index (χ1n) is 4.30. The van der Waals surface area contributed by atoms with Gasteiger partial charge in [0.2, 0.25) is 0 Å². The first-order chi connectivity index (χ1) is 5.75. The molecule has 1 fully saturated rings. The smallest absolute Gasteiger partial charge is 0.274 e. The summed E-state index contributed by atoms with van der Waals surface area (Å²) in [6.07, 6.45) is 4.65. The summed E-state index contributed by atoms with van der Waals surface area (Å²) in [5, 5.41) is 0. The Hall–Kier alpha value is -1.25. The average molecular weight is 164 g/mol. The van der Waals surface area contributed by atoms with E-state index in [4.69, 9.17) is 11.5 Å². The summed E-state index contributed by atoms with van der Waals surface area (Å²) in [5.41, 5.74) is 12.1. The predicted molar refractivity (Wildman–Crippen MR) is 48.2 cm³/mol. The van der Waals surface area contributed by atoms with Gasteiger partial charge < -0.3 is 5.73 Å². The molecule has 0 aromatic carbocycles. The first-order valence-corrected chi connectivity index (χ1v) is 4.30. The molecule has 0 bridgehead atoms. The fourth-order valence-electron chi connectivity index (χ4n) is 1.31. The van der Waals surface area contributed by atoms with Crippen LogP contribution in [0.4, 0.5) is 11.5 Å². The Bertz CT molecular complexity index is 292. The average Bonchev–Trinajstić information content (AvgIpc) is 2.79. The van der Waals surface area contributed by atoms with Crippen molar-refractivity contribution in [1.82, 2.24) is 0 Å². The molecule has 1 aromatic rings. The molecule has 1 heterocycles. The summed E-state index contributed by atoms with van der Waals surface area (Å²) < 4.78 is 2.06. The largest absolute Gasteiger partial charge is 0.398 e. The number of nitrogen functional groups attached to an aromatic ring is 2. The van der Waals surface area contributed by atoms with Gasteiger partial charge in [-0.2, -0.15) is 0 Å². The number of aromatic nitrogens is 1. The van der Waals surface area contributed by atoms with Crippen molar-refractivity contribution in [3.63, 3.8) is 0 Å². The summed E-state index contributed by atoms with van der Waals surface area (Å²) >= 11 is 0. The molecule has 0 saturated heterocycles. The summed E-state index contributed by atoms with van der Waals surface area (Å²) in [4.78, 5) is 0. The Morgan fingerprint density at radius 1 is 1.42 bits per heavy atom. The molecule has 0 aliphatic heterocycles. The predicted octanol–water partition coefficient (Wildman–Crippen LogP) is 0.548. The lowest BCUT2D eigenvalue weighted by atomic mass is 10.3. The van der Waals surface area contributed by atoms with Crippen LogP contribution in [0.2, 0.25) is 0 Å². The van der Waals surface area contributed by atoms with Gasteiger partial charge in [-0.05, 0) is 18.8 Å². The van der Waals surface area contributed by atoms with Crippen LogP contribution in [-0.2, 0) is 6.54 Å². The molecule has 0 atom stereocenters. The third kappa shape index (κ3) is 1.49. The highest BCUT2D eigenvalue weighted by atomic mass is 15.0. The molecule has 4 N–H and O–H groups in total. The third-order valence-electron chi connectivity index (χ3n) is 2.24. The van der Waals surface area contributed by atoms with E-state index in [0.717, 1.165) is 24.0 Å². The zero-order chi connectivity index (χ0) is 8.55. The molecule has 2 rings (SSSR count). The number of pyridine rings is 1. The van der Waals surface area contributed by atoms with Crippen LogP contribution in [-0.4, -0.2) is 0 Å². The molecule has 0 amide bonds. The van der Waals surface area contributed by atoms with Crippen LogP contribution in [0.25, 0.3) is 0 Å². The van der Waals surface area contributed by atoms with E-state index < -0.39 is 0 Å². The Morgan fingerprint density at radius 2 is 2.17 bits per heavy atom. The van der Waals surface area contributed by atoms with Gasteiger partial charge in [-0.3, -0.25) is 5.73 Å². The molecular formula is C9H14N3+. The van der Waals surface area contributed by atoms with Gasteiger partial charge >= 0.3 is 0 Å². The Labute approximate surface area is 72.0 Å². The van der Waals surface area contributed by atoms with E-state index in [2.05, 4.69) is 4.57 Å². The lowest BCUT2D eigenvalue weighted by Gasteiger charge is -2.01. The van der Waals surface area contributed by atoms with Crippen LogP contribution in [0.5, 0.6) is 0 Å². The van der Waals surface area contributed by atoms with Gasteiger partial charge in [-0.1, -0.05) is 0 Å². The van der Waals surface area contributed by atoms with Crippen molar-refractivity contribution >= 4 is 11.5 Å². The van der Waals surface area contributed by atoms with Crippen molar-refractivity contribution in [2.24, 2.45) is 5.92 Å². The fraction of sp³-hybridized carbons (Fsp3) is 0.444. The molecule has 1 aromatic heterocycles. The number of anilines is 2. The highest BCUT2D eigenvalue weighted by Gasteiger charge is 2.24. The Kier molecular flexibility index (Phi) is 1.64. The normalized spacial score (nSPS) is 16.3. The summed E-state index contributed by atoms with van der Waals surface area (Å²) in [6.45, 7) is 1.05. The maximum Gasteiger partial charge on any atom is 0.274 e. The van der Waals surface area contributed by atoms with Crippen LogP contribution >= 0.6 is 0 Å². The second kappa shape index (κ2) is 2.66. The maximum absolute atomic E-state index is 5.78. The van der Waals surface area contributed by atoms with Crippen LogP contribution in [0.15, 0.2) is 18.3 Å². The van der Waals surface area contributed by atoms with Gasteiger partial charge in [0.25, 0.3) is 5.82 Å². The van der Waals surface area contributed by atoms with E-state index in [-0.39, 0.29) is 0 Å². The molecule has 1 aliphatic carbocycles. The van der Waals surface area contributed by atoms with Crippen molar-refractivity contribution < 1.29 is 4.57 Å². The van der Waals surface area contributed by atoms with Crippen LogP contribution in [0.1, 0.15) is 12.8 Å². The number of hydrogen-bond acceptors (Lipinski definition) is 2. The fourth-order valence-corrected chi connectivity index (χ4v) is 1.31. The molecular weight excluding hydrogens is 150 g/mol. The highest BCUT2D eigenvalue weighted by Crippen LogP contribution is 2.29. The quantitative estimate of drug-likeness (QED) is 0.627. The summed E-state index contributed by atoms with van der Waals surface area (Å²) in [5.74, 6) is 1.61. The van der Waals surface area contributed by atoms with Crippen LogP contribution in [0, 0.1) is 5.92 Å². The second-order valence-corrected chi connectivity index (χ2v) is 3.48. The zero-order valence-corrected chi connectivity index (χ0v) is 7.03. The lowest BCUT2D eigenvalue weighted by molar-refractivity contribution is -0.685. The Morgan fingerprint density at radius 3 is 2.75 bits per heavy atom. The number of hydrogen-bond donors (Lipinski definition) is 2. The van der Waals surface area contributed by atoms with Gasteiger partial charge in [0.05, 0.1) is 18.8 Å². The highest BCUT2D eigenvalue weighted by molar-refractivity contribution is 5.42. The second-order valence-electron chi connectivity index (χ2n) is 3.48. The number of rotatable bonds is 2. The van der Waals surface area contributed by atoms with Gasteiger partial charge in [0.1, 0.15) is 0 Å². The van der Waals surface area contributed by atoms with Gasteiger partial charge in [0, 0.05) is 11.8 Å². The standard InChI is InChI=1S/C9H13N3/c10-8-3-4-12(9(11)5-8)6-7-1-2-7/h3-5,7H,1-2,6H2,(H3,10,11)/p+1. The van der Waals surface area contributed by atoms with E-state index >= 15 is 0 Å². The minimum atomic E-state index is 0.736. The third-order valence-corrected chi connectivity index (χ3v) is 2.24. The van der Waals surface area contributed by atoms with Crippen LogP contribution < -0.4 is 16.0 Å². The van der Waals surface area contributed by atoms with Crippen molar-refractivity contribution in [2.45, 2.75) is 19.4 Å². The number of nitrogens with two attached hydrogens (primary N) is 2. The summed E-state index contributed by atoms with van der Waals surface area (Å²) in [7, 11) is 0. The van der Waals surface area contributed by atoms with Crippen molar-refractivity contribution in [3.05, 3.63) is 18.3 Å². The molecule has 64 valence electrons. The van der Waals surface area contributed by atoms with Crippen molar-refractivity contribution in [1.29, 1.82) is 0 Å². The Balaban J connectivity index is 2.18. The van der Waals surface area contributed by atoms with Gasteiger partial charge in [-0.15, -0.1) is 0 Å². The van der Waals surface area contributed by atoms with Crippen molar-refractivity contribution in [2.75, 3.05) is 11.5 Å². The molecule has 3 nitrogen and oxygen atoms in total. The number of nitrogens with zero attached hydrogens (tertiary/aromatic N) is 1. The minimum Gasteiger partial charge on any atom is -0.398 e. The van der Waals surface area contributed by atoms with E-state index in [1.54, 1.807) is 0 Å². The maximum atomic E-state index is 5.78. The van der Waals surface area contributed by atoms with Crippen molar-refractivity contribution in [3.8, 4) is 0 Å². The molecule has 1 aliphatic rings. The van der Waals surface area contributed by atoms with Crippen LogP contribution in [0.3, 0.4) is 0 Å². The zero-order valence-electron chi connectivity index (χ0n) is 7.03. The topological polar surface area (TPSA) is 55.9 Å². The molecule has 12 heavy (non-hydrogen) atoms.